The number of hydrogen-bond donors (Lipinski definition) is 0. The minimum absolute atomic E-state index is 0.288. The second-order valence-corrected chi connectivity index (χ2v) is 11.2. The van der Waals surface area contributed by atoms with Crippen LogP contribution < -0.4 is 0 Å². The third-order valence-electron chi connectivity index (χ3n) is 9.23. The SMILES string of the molecule is CC(C)=C1C2CC3CC(C2)CC1(c1ccc2c(c1C1=CC=CC1)Cc1ccccc1-2)C3. The van der Waals surface area contributed by atoms with Crippen molar-refractivity contribution in [3.63, 3.8) is 0 Å². The topological polar surface area (TPSA) is 0 Å². The van der Waals surface area contributed by atoms with Gasteiger partial charge >= 0.3 is 0 Å². The Kier molecular flexibility index (Phi) is 3.74. The van der Waals surface area contributed by atoms with Gasteiger partial charge in [-0.25, -0.2) is 0 Å². The molecule has 0 N–H and O–H groups in total. The van der Waals surface area contributed by atoms with Crippen LogP contribution in [0.15, 0.2) is 65.8 Å². The molecule has 4 bridgehead atoms. The minimum atomic E-state index is 0.288. The van der Waals surface area contributed by atoms with Crippen molar-refractivity contribution in [2.45, 2.75) is 64.2 Å². The number of rotatable bonds is 2. The molecule has 6 aliphatic rings. The summed E-state index contributed by atoms with van der Waals surface area (Å²) in [6.45, 7) is 4.80. The molecule has 0 nitrogen and oxygen atoms in total. The third kappa shape index (κ3) is 2.43. The molecule has 0 heterocycles. The largest absolute Gasteiger partial charge is 0.0801 e. The first kappa shape index (κ1) is 18.3. The Hall–Kier alpha value is -2.34. The molecular formula is C31H32. The predicted molar refractivity (Wildman–Crippen MR) is 130 cm³/mol. The zero-order valence-electron chi connectivity index (χ0n) is 18.9. The van der Waals surface area contributed by atoms with E-state index in [1.54, 1.807) is 27.8 Å². The molecule has 156 valence electrons. The van der Waals surface area contributed by atoms with E-state index in [1.807, 2.05) is 5.57 Å². The number of fused-ring (bicyclic) bond motifs is 3. The molecule has 0 saturated heterocycles. The van der Waals surface area contributed by atoms with Gasteiger partial charge in [0, 0.05) is 5.41 Å². The van der Waals surface area contributed by atoms with Crippen LogP contribution in [0.1, 0.15) is 74.6 Å². The van der Waals surface area contributed by atoms with Crippen molar-refractivity contribution in [2.24, 2.45) is 17.8 Å². The van der Waals surface area contributed by atoms with Crippen LogP contribution in [-0.2, 0) is 11.8 Å². The Balaban J connectivity index is 1.50. The molecule has 0 aromatic heterocycles. The van der Waals surface area contributed by atoms with Crippen molar-refractivity contribution in [1.29, 1.82) is 0 Å². The average Bonchev–Trinajstić information content (AvgIpc) is 3.40. The van der Waals surface area contributed by atoms with Crippen molar-refractivity contribution >= 4 is 5.57 Å². The Morgan fingerprint density at radius 3 is 2.45 bits per heavy atom. The lowest BCUT2D eigenvalue weighted by Crippen LogP contribution is -2.51. The fraction of sp³-hybridized carbons (Fsp3) is 0.419. The monoisotopic (exact) mass is 404 g/mol. The summed E-state index contributed by atoms with van der Waals surface area (Å²) < 4.78 is 0. The average molecular weight is 405 g/mol. The molecular weight excluding hydrogens is 372 g/mol. The molecule has 0 aliphatic heterocycles. The van der Waals surface area contributed by atoms with Crippen LogP contribution in [0.25, 0.3) is 16.7 Å². The smallest absolute Gasteiger partial charge is 0.0178 e. The molecule has 2 atom stereocenters. The highest BCUT2D eigenvalue weighted by molar-refractivity contribution is 5.87. The molecule has 0 amide bonds. The van der Waals surface area contributed by atoms with Crippen molar-refractivity contribution < 1.29 is 0 Å². The van der Waals surface area contributed by atoms with E-state index in [4.69, 9.17) is 0 Å². The second-order valence-electron chi connectivity index (χ2n) is 11.2. The standard InChI is InChI=1S/C31H32/c1-19(2)30-24-14-20-13-21(15-24)18-31(30,17-20)28-12-11-26-25-10-6-5-9-23(25)16-27(26)29(28)22-7-3-4-8-22/h3-7,9-12,20-21,24H,8,13-18H2,1-2H3. The summed E-state index contributed by atoms with van der Waals surface area (Å²) in [6, 6.07) is 14.2. The molecule has 4 fully saturated rings. The van der Waals surface area contributed by atoms with Gasteiger partial charge in [-0.1, -0.05) is 65.8 Å². The van der Waals surface area contributed by atoms with E-state index >= 15 is 0 Å². The number of benzene rings is 2. The van der Waals surface area contributed by atoms with Crippen LogP contribution >= 0.6 is 0 Å². The van der Waals surface area contributed by atoms with Gasteiger partial charge in [0.25, 0.3) is 0 Å². The van der Waals surface area contributed by atoms with Gasteiger partial charge in [-0.3, -0.25) is 0 Å². The number of hydrogen-bond acceptors (Lipinski definition) is 0. The summed E-state index contributed by atoms with van der Waals surface area (Å²) in [5.74, 6) is 2.72. The van der Waals surface area contributed by atoms with Crippen LogP contribution in [0.4, 0.5) is 0 Å². The van der Waals surface area contributed by atoms with Crippen LogP contribution in [0.3, 0.4) is 0 Å². The summed E-state index contributed by atoms with van der Waals surface area (Å²) in [4.78, 5) is 0. The Morgan fingerprint density at radius 1 is 0.903 bits per heavy atom. The van der Waals surface area contributed by atoms with Crippen molar-refractivity contribution in [3.05, 3.63) is 88.0 Å². The Labute approximate surface area is 186 Å². The fourth-order valence-electron chi connectivity index (χ4n) is 8.67. The Morgan fingerprint density at radius 2 is 1.71 bits per heavy atom. The fourth-order valence-corrected chi connectivity index (χ4v) is 8.67. The van der Waals surface area contributed by atoms with Gasteiger partial charge in [0.1, 0.15) is 0 Å². The van der Waals surface area contributed by atoms with Crippen LogP contribution in [0.5, 0.6) is 0 Å². The van der Waals surface area contributed by atoms with Gasteiger partial charge in [-0.2, -0.15) is 0 Å². The predicted octanol–water partition coefficient (Wildman–Crippen LogP) is 8.02. The van der Waals surface area contributed by atoms with E-state index in [1.165, 1.54) is 48.8 Å². The highest BCUT2D eigenvalue weighted by atomic mass is 14.6. The normalized spacial score (nSPS) is 31.7. The van der Waals surface area contributed by atoms with E-state index in [0.717, 1.165) is 30.6 Å². The molecule has 2 aromatic rings. The minimum Gasteiger partial charge on any atom is -0.0801 e. The van der Waals surface area contributed by atoms with Crippen LogP contribution in [0.2, 0.25) is 0 Å². The molecule has 6 aliphatic carbocycles. The van der Waals surface area contributed by atoms with Gasteiger partial charge in [0.2, 0.25) is 0 Å². The highest BCUT2D eigenvalue weighted by Crippen LogP contribution is 2.65. The molecule has 2 unspecified atom stereocenters. The lowest BCUT2D eigenvalue weighted by Gasteiger charge is -2.60. The van der Waals surface area contributed by atoms with Gasteiger partial charge in [0.15, 0.2) is 0 Å². The summed E-state index contributed by atoms with van der Waals surface area (Å²) in [5.41, 5.74) is 14.7. The number of allylic oxidation sites excluding steroid dienone is 6. The Bertz CT molecular complexity index is 1180. The summed E-state index contributed by atoms with van der Waals surface area (Å²) in [7, 11) is 0. The second kappa shape index (κ2) is 6.35. The first-order valence-corrected chi connectivity index (χ1v) is 12.4. The third-order valence-corrected chi connectivity index (χ3v) is 9.23. The first-order chi connectivity index (χ1) is 15.1. The van der Waals surface area contributed by atoms with Crippen molar-refractivity contribution in [2.75, 3.05) is 0 Å². The zero-order chi connectivity index (χ0) is 20.7. The van der Waals surface area contributed by atoms with E-state index in [2.05, 4.69) is 68.5 Å². The summed E-state index contributed by atoms with van der Waals surface area (Å²) >= 11 is 0. The lowest BCUT2D eigenvalue weighted by molar-refractivity contribution is 0.0452. The molecule has 8 rings (SSSR count). The quantitative estimate of drug-likeness (QED) is 0.379. The van der Waals surface area contributed by atoms with Gasteiger partial charge in [-0.05, 0) is 116 Å². The maximum atomic E-state index is 2.57. The van der Waals surface area contributed by atoms with Crippen molar-refractivity contribution in [1.82, 2.24) is 0 Å². The molecule has 0 heteroatoms. The summed E-state index contributed by atoms with van der Waals surface area (Å²) in [5, 5.41) is 0. The zero-order valence-corrected chi connectivity index (χ0v) is 18.9. The maximum Gasteiger partial charge on any atom is 0.0178 e. The lowest BCUT2D eigenvalue weighted by atomic mass is 9.44. The van der Waals surface area contributed by atoms with E-state index in [0.29, 0.717) is 0 Å². The van der Waals surface area contributed by atoms with E-state index in [-0.39, 0.29) is 5.41 Å². The van der Waals surface area contributed by atoms with Crippen LogP contribution in [-0.4, -0.2) is 0 Å². The maximum absolute atomic E-state index is 2.57. The first-order valence-electron chi connectivity index (χ1n) is 12.4. The van der Waals surface area contributed by atoms with E-state index < -0.39 is 0 Å². The van der Waals surface area contributed by atoms with Gasteiger partial charge in [-0.15, -0.1) is 0 Å². The van der Waals surface area contributed by atoms with E-state index in [9.17, 15) is 0 Å². The molecule has 0 spiro atoms. The summed E-state index contributed by atoms with van der Waals surface area (Å²) in [6.07, 6.45) is 16.4. The van der Waals surface area contributed by atoms with Crippen LogP contribution in [0, 0.1) is 17.8 Å². The molecule has 0 radical (unpaired) electrons. The molecule has 2 aromatic carbocycles. The molecule has 31 heavy (non-hydrogen) atoms. The van der Waals surface area contributed by atoms with Gasteiger partial charge < -0.3 is 0 Å². The molecule has 4 saturated carbocycles. The van der Waals surface area contributed by atoms with Gasteiger partial charge in [0.05, 0.1) is 0 Å². The van der Waals surface area contributed by atoms with Crippen molar-refractivity contribution in [3.8, 4) is 11.1 Å². The highest BCUT2D eigenvalue weighted by Gasteiger charge is 2.55.